The van der Waals surface area contributed by atoms with E-state index >= 15 is 0 Å². The Morgan fingerprint density at radius 1 is 1.06 bits per heavy atom. The molecule has 0 saturated carbocycles. The van der Waals surface area contributed by atoms with Gasteiger partial charge in [0, 0.05) is 11.7 Å². The molecule has 0 amide bonds. The van der Waals surface area contributed by atoms with Crippen molar-refractivity contribution in [2.24, 2.45) is 0 Å². The molecule has 2 N–H and O–H groups in total. The van der Waals surface area contributed by atoms with Crippen molar-refractivity contribution in [1.82, 2.24) is 0 Å². The summed E-state index contributed by atoms with van der Waals surface area (Å²) in [5.74, 6) is 0.302. The summed E-state index contributed by atoms with van der Waals surface area (Å²) in [6.07, 6.45) is 0. The fraction of sp³-hybridized carbons (Fsp3) is 0.200. The van der Waals surface area contributed by atoms with Gasteiger partial charge in [0.05, 0.1) is 0 Å². The van der Waals surface area contributed by atoms with Crippen molar-refractivity contribution in [3.63, 3.8) is 0 Å². The first kappa shape index (κ1) is 11.5. The molecule has 2 heteroatoms. The zero-order valence-corrected chi connectivity index (χ0v) is 10.1. The molecule has 1 atom stereocenters. The lowest BCUT2D eigenvalue weighted by molar-refractivity contribution is 0.475. The molecule has 0 aromatic heterocycles. The van der Waals surface area contributed by atoms with E-state index in [0.717, 1.165) is 11.3 Å². The van der Waals surface area contributed by atoms with E-state index in [0.29, 0.717) is 5.75 Å². The Hall–Kier alpha value is -1.96. The molecule has 0 aliphatic carbocycles. The van der Waals surface area contributed by atoms with Crippen LogP contribution in [-0.2, 0) is 0 Å². The van der Waals surface area contributed by atoms with Crippen LogP contribution in [0.4, 0.5) is 5.69 Å². The van der Waals surface area contributed by atoms with Gasteiger partial charge in [0.25, 0.3) is 0 Å². The summed E-state index contributed by atoms with van der Waals surface area (Å²) in [5, 5.41) is 12.7. The Bertz CT molecular complexity index is 491. The number of aromatic hydroxyl groups is 1. The Labute approximate surface area is 102 Å². The van der Waals surface area contributed by atoms with Gasteiger partial charge in [0.1, 0.15) is 5.75 Å². The largest absolute Gasteiger partial charge is 0.508 e. The highest BCUT2D eigenvalue weighted by atomic mass is 16.3. The second-order valence-corrected chi connectivity index (χ2v) is 4.33. The van der Waals surface area contributed by atoms with E-state index in [2.05, 4.69) is 37.4 Å². The second-order valence-electron chi connectivity index (χ2n) is 4.33. The first-order chi connectivity index (χ1) is 8.15. The van der Waals surface area contributed by atoms with Crippen LogP contribution in [0.3, 0.4) is 0 Å². The standard InChI is InChI=1S/C15H17NO/c1-11-4-3-5-14(10-11)16-12(2)13-6-8-15(17)9-7-13/h3-10,12,16-17H,1-2H3. The minimum atomic E-state index is 0.220. The van der Waals surface area contributed by atoms with Crippen LogP contribution in [-0.4, -0.2) is 5.11 Å². The quantitative estimate of drug-likeness (QED) is 0.834. The molecule has 0 aliphatic heterocycles. The second kappa shape index (κ2) is 4.91. The van der Waals surface area contributed by atoms with Gasteiger partial charge in [-0.25, -0.2) is 0 Å². The minimum Gasteiger partial charge on any atom is -0.508 e. The van der Waals surface area contributed by atoms with E-state index < -0.39 is 0 Å². The first-order valence-corrected chi connectivity index (χ1v) is 5.77. The number of aryl methyl sites for hydroxylation is 1. The molecule has 88 valence electrons. The lowest BCUT2D eigenvalue weighted by Crippen LogP contribution is -2.06. The van der Waals surface area contributed by atoms with Crippen LogP contribution in [0.5, 0.6) is 5.75 Å². The molecule has 0 bridgehead atoms. The molecule has 0 saturated heterocycles. The number of nitrogens with one attached hydrogen (secondary N) is 1. The fourth-order valence-electron chi connectivity index (χ4n) is 1.83. The number of rotatable bonds is 3. The van der Waals surface area contributed by atoms with Crippen LogP contribution in [0.1, 0.15) is 24.1 Å². The zero-order chi connectivity index (χ0) is 12.3. The molecule has 0 fully saturated rings. The van der Waals surface area contributed by atoms with Gasteiger partial charge in [-0.1, -0.05) is 24.3 Å². The summed E-state index contributed by atoms with van der Waals surface area (Å²) in [7, 11) is 0. The van der Waals surface area contributed by atoms with Gasteiger partial charge < -0.3 is 10.4 Å². The third kappa shape index (κ3) is 3.00. The molecule has 0 aliphatic rings. The summed E-state index contributed by atoms with van der Waals surface area (Å²) in [6.45, 7) is 4.19. The van der Waals surface area contributed by atoms with Crippen LogP contribution in [0, 0.1) is 6.92 Å². The number of hydrogen-bond acceptors (Lipinski definition) is 2. The zero-order valence-electron chi connectivity index (χ0n) is 10.1. The predicted molar refractivity (Wildman–Crippen MR) is 71.3 cm³/mol. The van der Waals surface area contributed by atoms with Gasteiger partial charge in [0.15, 0.2) is 0 Å². The van der Waals surface area contributed by atoms with E-state index in [9.17, 15) is 5.11 Å². The van der Waals surface area contributed by atoms with Crippen molar-refractivity contribution >= 4 is 5.69 Å². The number of phenolic OH excluding ortho intramolecular Hbond substituents is 1. The van der Waals surface area contributed by atoms with Crippen LogP contribution >= 0.6 is 0 Å². The molecule has 1 unspecified atom stereocenters. The van der Waals surface area contributed by atoms with Crippen molar-refractivity contribution in [2.45, 2.75) is 19.9 Å². The van der Waals surface area contributed by atoms with Gasteiger partial charge >= 0.3 is 0 Å². The predicted octanol–water partition coefficient (Wildman–Crippen LogP) is 3.87. The van der Waals surface area contributed by atoms with Crippen molar-refractivity contribution < 1.29 is 5.11 Å². The SMILES string of the molecule is Cc1cccc(NC(C)c2ccc(O)cc2)c1. The molecular formula is C15H17NO. The maximum atomic E-state index is 9.24. The number of anilines is 1. The van der Waals surface area contributed by atoms with Gasteiger partial charge in [-0.05, 0) is 49.2 Å². The number of hydrogen-bond donors (Lipinski definition) is 2. The number of phenols is 1. The lowest BCUT2D eigenvalue weighted by Gasteiger charge is -2.16. The molecule has 2 nitrogen and oxygen atoms in total. The van der Waals surface area contributed by atoms with Gasteiger partial charge in [-0.15, -0.1) is 0 Å². The van der Waals surface area contributed by atoms with Crippen LogP contribution in [0.2, 0.25) is 0 Å². The Morgan fingerprint density at radius 2 is 1.76 bits per heavy atom. The Morgan fingerprint density at radius 3 is 2.41 bits per heavy atom. The van der Waals surface area contributed by atoms with E-state index in [1.165, 1.54) is 5.56 Å². The molecule has 2 rings (SSSR count). The summed E-state index contributed by atoms with van der Waals surface area (Å²) in [4.78, 5) is 0. The normalized spacial score (nSPS) is 12.1. The fourth-order valence-corrected chi connectivity index (χ4v) is 1.83. The van der Waals surface area contributed by atoms with E-state index in [-0.39, 0.29) is 6.04 Å². The van der Waals surface area contributed by atoms with Crippen molar-refractivity contribution in [3.8, 4) is 5.75 Å². The van der Waals surface area contributed by atoms with E-state index in [1.807, 2.05) is 18.2 Å². The molecule has 17 heavy (non-hydrogen) atoms. The third-order valence-electron chi connectivity index (χ3n) is 2.79. The summed E-state index contributed by atoms with van der Waals surface area (Å²) >= 11 is 0. The average Bonchev–Trinajstić information content (AvgIpc) is 2.29. The molecule has 2 aromatic rings. The van der Waals surface area contributed by atoms with Crippen LogP contribution in [0.25, 0.3) is 0 Å². The topological polar surface area (TPSA) is 32.3 Å². The van der Waals surface area contributed by atoms with Gasteiger partial charge in [-0.3, -0.25) is 0 Å². The van der Waals surface area contributed by atoms with Gasteiger partial charge in [0.2, 0.25) is 0 Å². The van der Waals surface area contributed by atoms with Crippen LogP contribution < -0.4 is 5.32 Å². The summed E-state index contributed by atoms with van der Waals surface area (Å²) < 4.78 is 0. The molecular weight excluding hydrogens is 210 g/mol. The Balaban J connectivity index is 2.11. The van der Waals surface area contributed by atoms with E-state index in [1.54, 1.807) is 12.1 Å². The lowest BCUT2D eigenvalue weighted by atomic mass is 10.1. The maximum absolute atomic E-state index is 9.24. The molecule has 0 heterocycles. The molecule has 0 spiro atoms. The summed E-state index contributed by atoms with van der Waals surface area (Å²) in [6, 6.07) is 15.8. The van der Waals surface area contributed by atoms with Crippen LogP contribution in [0.15, 0.2) is 48.5 Å². The van der Waals surface area contributed by atoms with Crippen molar-refractivity contribution in [2.75, 3.05) is 5.32 Å². The third-order valence-corrected chi connectivity index (χ3v) is 2.79. The molecule has 0 radical (unpaired) electrons. The van der Waals surface area contributed by atoms with Crippen molar-refractivity contribution in [1.29, 1.82) is 0 Å². The highest BCUT2D eigenvalue weighted by Gasteiger charge is 2.04. The Kier molecular flexibility index (Phi) is 3.33. The van der Waals surface area contributed by atoms with Crippen molar-refractivity contribution in [3.05, 3.63) is 59.7 Å². The maximum Gasteiger partial charge on any atom is 0.115 e. The smallest absolute Gasteiger partial charge is 0.115 e. The minimum absolute atomic E-state index is 0.220. The molecule has 2 aromatic carbocycles. The highest BCUT2D eigenvalue weighted by Crippen LogP contribution is 2.21. The number of benzene rings is 2. The average molecular weight is 227 g/mol. The summed E-state index contributed by atoms with van der Waals surface area (Å²) in [5.41, 5.74) is 3.52. The van der Waals surface area contributed by atoms with E-state index in [4.69, 9.17) is 0 Å². The first-order valence-electron chi connectivity index (χ1n) is 5.77. The van der Waals surface area contributed by atoms with Gasteiger partial charge in [-0.2, -0.15) is 0 Å². The monoisotopic (exact) mass is 227 g/mol. The highest BCUT2D eigenvalue weighted by molar-refractivity contribution is 5.47.